The molecular weight excluding hydrogens is 206 g/mol. The van der Waals surface area contributed by atoms with E-state index >= 15 is 0 Å². The van der Waals surface area contributed by atoms with E-state index in [9.17, 15) is 4.79 Å². The van der Waals surface area contributed by atoms with Crippen molar-refractivity contribution in [3.63, 3.8) is 0 Å². The summed E-state index contributed by atoms with van der Waals surface area (Å²) >= 11 is 0. The van der Waals surface area contributed by atoms with Gasteiger partial charge in [0.1, 0.15) is 13.2 Å². The molecule has 5 heteroatoms. The Morgan fingerprint density at radius 3 is 2.00 bits per heavy atom. The Morgan fingerprint density at radius 1 is 1.33 bits per heavy atom. The number of nitrogens with zero attached hydrogens (tertiary/aromatic N) is 1. The summed E-state index contributed by atoms with van der Waals surface area (Å²) in [6, 6.07) is 0. The summed E-state index contributed by atoms with van der Waals surface area (Å²) in [5.74, 6) is -0.201. The van der Waals surface area contributed by atoms with Crippen molar-refractivity contribution in [2.75, 3.05) is 34.3 Å². The van der Waals surface area contributed by atoms with Gasteiger partial charge in [-0.25, -0.2) is 0 Å². The van der Waals surface area contributed by atoms with Gasteiger partial charge in [-0.15, -0.1) is 0 Å². The zero-order valence-corrected chi connectivity index (χ0v) is 11.2. The molecule has 0 aromatic carbocycles. The summed E-state index contributed by atoms with van der Waals surface area (Å²) in [6.45, 7) is 2.80. The third-order valence-electron chi connectivity index (χ3n) is 1.07. The summed E-state index contributed by atoms with van der Waals surface area (Å²) in [5, 5.41) is 0. The molecule has 0 rings (SSSR count). The van der Waals surface area contributed by atoms with E-state index in [-0.39, 0.29) is 56.1 Å². The molecule has 0 bridgehead atoms. The van der Waals surface area contributed by atoms with Crippen LogP contribution in [0.3, 0.4) is 0 Å². The van der Waals surface area contributed by atoms with Crippen LogP contribution in [0.15, 0.2) is 0 Å². The van der Waals surface area contributed by atoms with Crippen LogP contribution in [0.4, 0.5) is 0 Å². The second-order valence-electron chi connectivity index (χ2n) is 3.35. The molecule has 0 amide bonds. The van der Waals surface area contributed by atoms with Crippen molar-refractivity contribution in [2.24, 2.45) is 0 Å². The van der Waals surface area contributed by atoms with E-state index in [1.165, 1.54) is 6.92 Å². The first-order chi connectivity index (χ1) is 4.42. The van der Waals surface area contributed by atoms with E-state index in [4.69, 9.17) is 4.74 Å². The number of esters is 1. The standard InChI is InChI=1S/C7H16NO2.Ca.ClH/c1-7(9)10-6-5-8(2,3)4;;/h5-6H2,1-4H3;;1H/q+1;;/p-1. The minimum Gasteiger partial charge on any atom is -1.00 e. The molecule has 0 aromatic rings. The zero-order valence-electron chi connectivity index (χ0n) is 8.26. The first-order valence-electron chi connectivity index (χ1n) is 3.35. The van der Waals surface area contributed by atoms with Crippen molar-refractivity contribution < 1.29 is 26.4 Å². The molecule has 0 heterocycles. The van der Waals surface area contributed by atoms with E-state index in [0.29, 0.717) is 6.61 Å². The Bertz CT molecular complexity index is 125. The monoisotopic (exact) mass is 221 g/mol. The van der Waals surface area contributed by atoms with Gasteiger partial charge in [0.05, 0.1) is 21.1 Å². The number of carbonyl (C=O) groups excluding carboxylic acids is 1. The number of ether oxygens (including phenoxy) is 1. The van der Waals surface area contributed by atoms with Gasteiger partial charge in [-0.05, 0) is 0 Å². The van der Waals surface area contributed by atoms with Gasteiger partial charge < -0.3 is 21.6 Å². The second kappa shape index (κ2) is 8.57. The third kappa shape index (κ3) is 17.2. The molecule has 0 aromatic heterocycles. The Balaban J connectivity index is -0.000000405. The van der Waals surface area contributed by atoms with Gasteiger partial charge in [0.25, 0.3) is 0 Å². The van der Waals surface area contributed by atoms with Crippen LogP contribution < -0.4 is 12.4 Å². The van der Waals surface area contributed by atoms with Crippen LogP contribution in [0.5, 0.6) is 0 Å². The number of carbonyl (C=O) groups is 1. The smallest absolute Gasteiger partial charge is 0.302 e. The van der Waals surface area contributed by atoms with Gasteiger partial charge >= 0.3 is 5.97 Å². The molecule has 0 aliphatic carbocycles. The maximum Gasteiger partial charge on any atom is 0.302 e. The molecule has 12 heavy (non-hydrogen) atoms. The zero-order chi connectivity index (χ0) is 8.20. The third-order valence-corrected chi connectivity index (χ3v) is 1.07. The first kappa shape index (κ1) is 18.7. The van der Waals surface area contributed by atoms with Gasteiger partial charge in [0.15, 0.2) is 0 Å². The molecule has 70 valence electrons. The van der Waals surface area contributed by atoms with Gasteiger partial charge in [-0.1, -0.05) is 0 Å². The Hall–Kier alpha value is 0.980. The molecule has 0 unspecified atom stereocenters. The van der Waals surface area contributed by atoms with Crippen molar-refractivity contribution in [3.8, 4) is 0 Å². The fourth-order valence-electron chi connectivity index (χ4n) is 0.463. The van der Waals surface area contributed by atoms with E-state index in [2.05, 4.69) is 21.1 Å². The Morgan fingerprint density at radius 2 is 1.75 bits per heavy atom. The van der Waals surface area contributed by atoms with Crippen LogP contribution >= 0.6 is 0 Å². The number of halogens is 1. The molecule has 2 radical (unpaired) electrons. The Labute approximate surface area is 110 Å². The molecule has 3 nitrogen and oxygen atoms in total. The molecule has 0 aliphatic rings. The number of hydrogen-bond donors (Lipinski definition) is 0. The maximum atomic E-state index is 10.3. The Kier molecular flexibility index (Phi) is 13.4. The quantitative estimate of drug-likeness (QED) is 0.287. The molecule has 0 spiro atoms. The first-order valence-corrected chi connectivity index (χ1v) is 3.35. The van der Waals surface area contributed by atoms with Crippen molar-refractivity contribution in [1.29, 1.82) is 0 Å². The van der Waals surface area contributed by atoms with Gasteiger partial charge in [0, 0.05) is 44.7 Å². The minimum absolute atomic E-state index is 0. The van der Waals surface area contributed by atoms with Crippen molar-refractivity contribution in [1.82, 2.24) is 0 Å². The fraction of sp³-hybridized carbons (Fsp3) is 0.857. The largest absolute Gasteiger partial charge is 1.00 e. The predicted octanol–water partition coefficient (Wildman–Crippen LogP) is -3.12. The molecule has 0 fully saturated rings. The predicted molar refractivity (Wildman–Crippen MR) is 45.3 cm³/mol. The summed E-state index contributed by atoms with van der Waals surface area (Å²) in [7, 11) is 6.18. The van der Waals surface area contributed by atoms with Crippen molar-refractivity contribution in [2.45, 2.75) is 6.92 Å². The summed E-state index contributed by atoms with van der Waals surface area (Å²) < 4.78 is 5.59. The molecular formula is C7H16CaClNO2. The number of rotatable bonds is 3. The van der Waals surface area contributed by atoms with E-state index in [1.54, 1.807) is 0 Å². The van der Waals surface area contributed by atoms with Crippen LogP contribution in [-0.2, 0) is 9.53 Å². The molecule has 0 atom stereocenters. The van der Waals surface area contributed by atoms with Crippen LogP contribution in [0.2, 0.25) is 0 Å². The average Bonchev–Trinajstić information content (AvgIpc) is 1.59. The van der Waals surface area contributed by atoms with Crippen molar-refractivity contribution in [3.05, 3.63) is 0 Å². The molecule has 0 saturated carbocycles. The average molecular weight is 222 g/mol. The van der Waals surface area contributed by atoms with Crippen LogP contribution in [0.25, 0.3) is 0 Å². The van der Waals surface area contributed by atoms with Crippen LogP contribution in [-0.4, -0.2) is 82.5 Å². The van der Waals surface area contributed by atoms with Gasteiger partial charge in [-0.3, -0.25) is 4.79 Å². The van der Waals surface area contributed by atoms with E-state index in [1.807, 2.05) is 0 Å². The summed E-state index contributed by atoms with van der Waals surface area (Å²) in [6.07, 6.45) is 0. The molecule has 0 N–H and O–H groups in total. The maximum absolute atomic E-state index is 10.3. The van der Waals surface area contributed by atoms with E-state index in [0.717, 1.165) is 11.0 Å². The number of hydrogen-bond acceptors (Lipinski definition) is 2. The summed E-state index contributed by atoms with van der Waals surface area (Å²) in [4.78, 5) is 10.3. The number of quaternary nitrogens is 1. The molecule has 0 aliphatic heterocycles. The van der Waals surface area contributed by atoms with Crippen molar-refractivity contribution >= 4 is 43.7 Å². The minimum atomic E-state index is -0.201. The SMILES string of the molecule is CC(=O)OCC[N+](C)(C)C.[Ca].[Cl-]. The second-order valence-corrected chi connectivity index (χ2v) is 3.35. The van der Waals surface area contributed by atoms with Gasteiger partial charge in [-0.2, -0.15) is 0 Å². The topological polar surface area (TPSA) is 26.3 Å². The number of likely N-dealkylation sites (N-methyl/N-ethyl adjacent to an activating group) is 1. The van der Waals surface area contributed by atoms with E-state index < -0.39 is 0 Å². The molecule has 0 saturated heterocycles. The van der Waals surface area contributed by atoms with Crippen LogP contribution in [0.1, 0.15) is 6.92 Å². The summed E-state index contributed by atoms with van der Waals surface area (Å²) in [5.41, 5.74) is 0. The van der Waals surface area contributed by atoms with Gasteiger partial charge in [0.2, 0.25) is 0 Å². The van der Waals surface area contributed by atoms with Crippen LogP contribution in [0, 0.1) is 0 Å². The fourth-order valence-corrected chi connectivity index (χ4v) is 0.463. The normalized spacial score (nSPS) is 9.33.